The highest BCUT2D eigenvalue weighted by Gasteiger charge is 2.29. The van der Waals surface area contributed by atoms with Gasteiger partial charge in [0.25, 0.3) is 0 Å². The van der Waals surface area contributed by atoms with E-state index in [4.69, 9.17) is 9.84 Å². The zero-order valence-electron chi connectivity index (χ0n) is 14.6. The van der Waals surface area contributed by atoms with E-state index in [9.17, 15) is 14.4 Å². The van der Waals surface area contributed by atoms with Crippen molar-refractivity contribution >= 4 is 17.8 Å². The van der Waals surface area contributed by atoms with E-state index >= 15 is 0 Å². The van der Waals surface area contributed by atoms with Crippen molar-refractivity contribution in [3.05, 3.63) is 35.9 Å². The molecular formula is C18H24N2O5. The molecule has 1 aliphatic heterocycles. The van der Waals surface area contributed by atoms with Gasteiger partial charge in [0.2, 0.25) is 11.8 Å². The molecule has 136 valence electrons. The Hall–Kier alpha value is -2.41. The van der Waals surface area contributed by atoms with Crippen LogP contribution in [0.5, 0.6) is 0 Å². The minimum Gasteiger partial charge on any atom is -0.480 e. The van der Waals surface area contributed by atoms with Crippen LogP contribution in [0.25, 0.3) is 0 Å². The van der Waals surface area contributed by atoms with Crippen molar-refractivity contribution in [3.8, 4) is 0 Å². The maximum atomic E-state index is 12.7. The summed E-state index contributed by atoms with van der Waals surface area (Å²) in [6.07, 6.45) is -0.385. The van der Waals surface area contributed by atoms with Crippen molar-refractivity contribution in [1.29, 1.82) is 0 Å². The third-order valence-corrected chi connectivity index (χ3v) is 4.32. The molecule has 0 bridgehead atoms. The summed E-state index contributed by atoms with van der Waals surface area (Å²) in [5.41, 5.74) is 0.951. The SMILES string of the molecule is CC(=O)N(CC(=O)O)CC1CN(C(=O)[C@H](C)c2ccccc2)CCO1. The van der Waals surface area contributed by atoms with Crippen molar-refractivity contribution in [2.75, 3.05) is 32.8 Å². The first kappa shape index (κ1) is 18.9. The Morgan fingerprint density at radius 3 is 2.60 bits per heavy atom. The maximum Gasteiger partial charge on any atom is 0.323 e. The third kappa shape index (κ3) is 5.29. The van der Waals surface area contributed by atoms with Crippen LogP contribution >= 0.6 is 0 Å². The average Bonchev–Trinajstić information content (AvgIpc) is 2.60. The highest BCUT2D eigenvalue weighted by Crippen LogP contribution is 2.19. The predicted molar refractivity (Wildman–Crippen MR) is 91.1 cm³/mol. The van der Waals surface area contributed by atoms with Crippen molar-refractivity contribution < 1.29 is 24.2 Å². The number of carboxylic acids is 1. The number of carbonyl (C=O) groups is 3. The second-order valence-electron chi connectivity index (χ2n) is 6.20. The Morgan fingerprint density at radius 1 is 1.32 bits per heavy atom. The summed E-state index contributed by atoms with van der Waals surface area (Å²) >= 11 is 0. The summed E-state index contributed by atoms with van der Waals surface area (Å²) in [5, 5.41) is 8.90. The molecule has 7 nitrogen and oxygen atoms in total. The molecule has 2 atom stereocenters. The summed E-state index contributed by atoms with van der Waals surface area (Å²) in [4.78, 5) is 38.2. The quantitative estimate of drug-likeness (QED) is 0.827. The van der Waals surface area contributed by atoms with Gasteiger partial charge in [-0.05, 0) is 12.5 Å². The molecule has 1 saturated heterocycles. The molecule has 2 rings (SSSR count). The van der Waals surface area contributed by atoms with E-state index in [1.165, 1.54) is 11.8 Å². The van der Waals surface area contributed by atoms with Gasteiger partial charge in [-0.15, -0.1) is 0 Å². The van der Waals surface area contributed by atoms with Gasteiger partial charge in [0.1, 0.15) is 6.54 Å². The lowest BCUT2D eigenvalue weighted by Gasteiger charge is -2.36. The van der Waals surface area contributed by atoms with Gasteiger partial charge in [0.15, 0.2) is 0 Å². The van der Waals surface area contributed by atoms with Crippen LogP contribution in [0.3, 0.4) is 0 Å². The Bertz CT molecular complexity index is 619. The Balaban J connectivity index is 1.98. The summed E-state index contributed by atoms with van der Waals surface area (Å²) in [5.74, 6) is -1.65. The fraction of sp³-hybridized carbons (Fsp3) is 0.500. The van der Waals surface area contributed by atoms with Crippen LogP contribution < -0.4 is 0 Å². The van der Waals surface area contributed by atoms with Gasteiger partial charge < -0.3 is 19.6 Å². The lowest BCUT2D eigenvalue weighted by Crippen LogP contribution is -2.51. The first-order valence-electron chi connectivity index (χ1n) is 8.31. The van der Waals surface area contributed by atoms with E-state index in [2.05, 4.69) is 0 Å². The van der Waals surface area contributed by atoms with E-state index < -0.39 is 5.97 Å². The fourth-order valence-corrected chi connectivity index (χ4v) is 2.90. The number of hydrogen-bond acceptors (Lipinski definition) is 4. The van der Waals surface area contributed by atoms with E-state index in [1.54, 1.807) is 4.90 Å². The largest absolute Gasteiger partial charge is 0.480 e. The number of rotatable bonds is 6. The molecule has 1 aromatic carbocycles. The number of ether oxygens (including phenoxy) is 1. The fourth-order valence-electron chi connectivity index (χ4n) is 2.90. The maximum absolute atomic E-state index is 12.7. The Labute approximate surface area is 147 Å². The topological polar surface area (TPSA) is 87.2 Å². The van der Waals surface area contributed by atoms with Gasteiger partial charge in [-0.25, -0.2) is 0 Å². The number of aliphatic carboxylic acids is 1. The molecule has 1 fully saturated rings. The third-order valence-electron chi connectivity index (χ3n) is 4.32. The number of morpholine rings is 1. The van der Waals surface area contributed by atoms with Crippen molar-refractivity contribution in [1.82, 2.24) is 9.80 Å². The molecule has 0 aromatic heterocycles. The van der Waals surface area contributed by atoms with Crippen LogP contribution in [-0.4, -0.2) is 71.6 Å². The molecule has 1 heterocycles. The van der Waals surface area contributed by atoms with Gasteiger partial charge in [-0.1, -0.05) is 30.3 Å². The second kappa shape index (κ2) is 8.62. The summed E-state index contributed by atoms with van der Waals surface area (Å²) in [7, 11) is 0. The van der Waals surface area contributed by atoms with Crippen LogP contribution in [-0.2, 0) is 19.1 Å². The first-order chi connectivity index (χ1) is 11.9. The van der Waals surface area contributed by atoms with Gasteiger partial charge >= 0.3 is 5.97 Å². The molecule has 1 unspecified atom stereocenters. The summed E-state index contributed by atoms with van der Waals surface area (Å²) < 4.78 is 5.63. The first-order valence-corrected chi connectivity index (χ1v) is 8.31. The summed E-state index contributed by atoms with van der Waals surface area (Å²) in [6, 6.07) is 9.55. The number of carbonyl (C=O) groups excluding carboxylic acids is 2. The molecule has 1 aliphatic rings. The van der Waals surface area contributed by atoms with Crippen LogP contribution in [0.2, 0.25) is 0 Å². The van der Waals surface area contributed by atoms with Crippen molar-refractivity contribution in [3.63, 3.8) is 0 Å². The molecule has 7 heteroatoms. The predicted octanol–water partition coefficient (Wildman–Crippen LogP) is 0.951. The van der Waals surface area contributed by atoms with Crippen molar-refractivity contribution in [2.24, 2.45) is 0 Å². The molecular weight excluding hydrogens is 324 g/mol. The highest BCUT2D eigenvalue weighted by atomic mass is 16.5. The highest BCUT2D eigenvalue weighted by molar-refractivity contribution is 5.83. The number of amides is 2. The second-order valence-corrected chi connectivity index (χ2v) is 6.20. The van der Waals surface area contributed by atoms with E-state index in [-0.39, 0.29) is 36.9 Å². The zero-order chi connectivity index (χ0) is 18.4. The van der Waals surface area contributed by atoms with E-state index in [0.717, 1.165) is 5.56 Å². The van der Waals surface area contributed by atoms with Crippen LogP contribution in [0.15, 0.2) is 30.3 Å². The average molecular weight is 348 g/mol. The zero-order valence-corrected chi connectivity index (χ0v) is 14.6. The standard InChI is InChI=1S/C18H24N2O5/c1-13(15-6-4-3-5-7-15)18(24)19-8-9-25-16(10-19)11-20(14(2)21)12-17(22)23/h3-7,13,16H,8-12H2,1-2H3,(H,22,23)/t13-,16?/m1/s1. The molecule has 0 aliphatic carbocycles. The minimum absolute atomic E-state index is 0.00658. The van der Waals surface area contributed by atoms with Crippen LogP contribution in [0.1, 0.15) is 25.3 Å². The van der Waals surface area contributed by atoms with Gasteiger partial charge in [0.05, 0.1) is 18.6 Å². The van der Waals surface area contributed by atoms with Crippen LogP contribution in [0, 0.1) is 0 Å². The monoisotopic (exact) mass is 348 g/mol. The lowest BCUT2D eigenvalue weighted by atomic mass is 9.99. The van der Waals surface area contributed by atoms with E-state index in [1.807, 2.05) is 37.3 Å². The van der Waals surface area contributed by atoms with Gasteiger partial charge in [0, 0.05) is 26.6 Å². The Morgan fingerprint density at radius 2 is 2.00 bits per heavy atom. The molecule has 0 radical (unpaired) electrons. The molecule has 2 amide bonds. The lowest BCUT2D eigenvalue weighted by molar-refractivity contribution is -0.148. The number of hydrogen-bond donors (Lipinski definition) is 1. The Kier molecular flexibility index (Phi) is 6.52. The van der Waals surface area contributed by atoms with E-state index in [0.29, 0.717) is 19.7 Å². The number of benzene rings is 1. The normalized spacial score (nSPS) is 18.5. The minimum atomic E-state index is -1.07. The summed E-state index contributed by atoms with van der Waals surface area (Å²) in [6.45, 7) is 4.19. The number of carboxylic acid groups (broad SMARTS) is 1. The number of nitrogens with zero attached hydrogens (tertiary/aromatic N) is 2. The molecule has 0 spiro atoms. The van der Waals surface area contributed by atoms with Gasteiger partial charge in [-0.3, -0.25) is 14.4 Å². The van der Waals surface area contributed by atoms with Gasteiger partial charge in [-0.2, -0.15) is 0 Å². The smallest absolute Gasteiger partial charge is 0.323 e. The molecule has 1 N–H and O–H groups in total. The van der Waals surface area contributed by atoms with Crippen molar-refractivity contribution in [2.45, 2.75) is 25.9 Å². The molecule has 0 saturated carbocycles. The molecule has 25 heavy (non-hydrogen) atoms. The molecule has 1 aromatic rings. The van der Waals surface area contributed by atoms with Crippen LogP contribution in [0.4, 0.5) is 0 Å².